The number of hydrogen-bond acceptors (Lipinski definition) is 3. The summed E-state index contributed by atoms with van der Waals surface area (Å²) in [6, 6.07) is 22.6. The number of hydrogen-bond donors (Lipinski definition) is 1. The van der Waals surface area contributed by atoms with E-state index in [4.69, 9.17) is 16.6 Å². The molecule has 0 aliphatic rings. The van der Waals surface area contributed by atoms with Crippen molar-refractivity contribution in [3.05, 3.63) is 101 Å². The van der Waals surface area contributed by atoms with Gasteiger partial charge in [-0.25, -0.2) is 14.4 Å². The molecule has 0 aliphatic heterocycles. The van der Waals surface area contributed by atoms with Gasteiger partial charge >= 0.3 is 0 Å². The van der Waals surface area contributed by atoms with E-state index in [9.17, 15) is 9.18 Å². The summed E-state index contributed by atoms with van der Waals surface area (Å²) < 4.78 is 13.3. The molecule has 0 saturated carbocycles. The number of nitrogens with one attached hydrogen (secondary N) is 1. The Bertz CT molecular complexity index is 1160. The third-order valence-electron chi connectivity index (χ3n) is 4.50. The first-order valence-corrected chi connectivity index (χ1v) is 9.69. The van der Waals surface area contributed by atoms with Crippen LogP contribution in [-0.2, 0) is 11.2 Å². The number of benzene rings is 3. The van der Waals surface area contributed by atoms with E-state index in [0.717, 1.165) is 16.7 Å². The highest BCUT2D eigenvalue weighted by Gasteiger charge is 2.14. The number of anilines is 1. The zero-order valence-electron chi connectivity index (χ0n) is 15.8. The Kier molecular flexibility index (Phi) is 5.82. The molecule has 4 rings (SSSR count). The smallest absolute Gasteiger partial charge is 0.230 e. The zero-order chi connectivity index (χ0) is 20.9. The van der Waals surface area contributed by atoms with E-state index in [1.807, 2.05) is 42.5 Å². The molecule has 30 heavy (non-hydrogen) atoms. The third kappa shape index (κ3) is 4.70. The van der Waals surface area contributed by atoms with Crippen LogP contribution in [-0.4, -0.2) is 15.9 Å². The molecular formula is C24H17ClFN3O. The summed E-state index contributed by atoms with van der Waals surface area (Å²) in [5.74, 6) is -0.162. The molecule has 0 atom stereocenters. The van der Waals surface area contributed by atoms with Crippen molar-refractivity contribution in [2.24, 2.45) is 0 Å². The maximum absolute atomic E-state index is 13.3. The molecule has 148 valence electrons. The average molecular weight is 418 g/mol. The number of carbonyl (C=O) groups is 1. The molecule has 0 spiro atoms. The lowest BCUT2D eigenvalue weighted by molar-refractivity contribution is -0.115. The van der Waals surface area contributed by atoms with Crippen molar-refractivity contribution in [2.75, 3.05) is 5.32 Å². The summed E-state index contributed by atoms with van der Waals surface area (Å²) in [6.07, 6.45) is 1.75. The van der Waals surface area contributed by atoms with Crippen molar-refractivity contribution in [2.45, 2.75) is 6.42 Å². The van der Waals surface area contributed by atoms with Crippen LogP contribution in [0.15, 0.2) is 85.1 Å². The molecule has 3 aromatic carbocycles. The number of rotatable bonds is 5. The topological polar surface area (TPSA) is 54.9 Å². The van der Waals surface area contributed by atoms with Gasteiger partial charge in [0.15, 0.2) is 5.82 Å². The molecule has 1 amide bonds. The van der Waals surface area contributed by atoms with Crippen LogP contribution in [0.5, 0.6) is 0 Å². The highest BCUT2D eigenvalue weighted by atomic mass is 35.5. The standard InChI is InChI=1S/C24H17ClFN3O/c25-19-10-6-16(7-11-19)14-22(30)29-24-23(18-4-2-1-3-5-18)28-21(15-27-24)17-8-12-20(26)13-9-17/h1-13,15H,14H2,(H,27,29,30). The molecule has 0 saturated heterocycles. The second-order valence-corrected chi connectivity index (χ2v) is 7.11. The van der Waals surface area contributed by atoms with Gasteiger partial charge in [0.25, 0.3) is 0 Å². The molecule has 4 nitrogen and oxygen atoms in total. The Labute approximate surface area is 178 Å². The average Bonchev–Trinajstić information content (AvgIpc) is 2.77. The quantitative estimate of drug-likeness (QED) is 0.447. The highest BCUT2D eigenvalue weighted by Crippen LogP contribution is 2.28. The lowest BCUT2D eigenvalue weighted by Crippen LogP contribution is -2.16. The minimum atomic E-state index is -0.318. The first-order valence-electron chi connectivity index (χ1n) is 9.31. The van der Waals surface area contributed by atoms with Crippen LogP contribution in [0, 0.1) is 5.82 Å². The number of carbonyl (C=O) groups excluding carboxylic acids is 1. The van der Waals surface area contributed by atoms with E-state index >= 15 is 0 Å². The van der Waals surface area contributed by atoms with E-state index in [1.165, 1.54) is 12.1 Å². The summed E-state index contributed by atoms with van der Waals surface area (Å²) in [6.45, 7) is 0. The van der Waals surface area contributed by atoms with E-state index in [-0.39, 0.29) is 18.1 Å². The molecule has 0 fully saturated rings. The van der Waals surface area contributed by atoms with E-state index in [2.05, 4.69) is 10.3 Å². The number of halogens is 2. The van der Waals surface area contributed by atoms with Crippen LogP contribution in [0.25, 0.3) is 22.5 Å². The van der Waals surface area contributed by atoms with Gasteiger partial charge in [-0.15, -0.1) is 0 Å². The Balaban J connectivity index is 1.65. The second-order valence-electron chi connectivity index (χ2n) is 6.68. The first-order chi connectivity index (χ1) is 14.6. The molecular weight excluding hydrogens is 401 g/mol. The second kappa shape index (κ2) is 8.84. The van der Waals surface area contributed by atoms with Crippen LogP contribution < -0.4 is 5.32 Å². The molecule has 0 bridgehead atoms. The van der Waals surface area contributed by atoms with Gasteiger partial charge in [0.2, 0.25) is 5.91 Å². The summed E-state index contributed by atoms with van der Waals surface area (Å²) in [7, 11) is 0. The van der Waals surface area contributed by atoms with E-state index < -0.39 is 0 Å². The first kappa shape index (κ1) is 19.7. The summed E-state index contributed by atoms with van der Waals surface area (Å²) >= 11 is 5.90. The van der Waals surface area contributed by atoms with Crippen molar-refractivity contribution >= 4 is 23.3 Å². The Morgan fingerprint density at radius 1 is 0.900 bits per heavy atom. The molecule has 1 aromatic heterocycles. The Hall–Kier alpha value is -3.57. The number of nitrogens with zero attached hydrogens (tertiary/aromatic N) is 2. The molecule has 0 aliphatic carbocycles. The fourth-order valence-electron chi connectivity index (χ4n) is 3.00. The van der Waals surface area contributed by atoms with Crippen molar-refractivity contribution in [3.8, 4) is 22.5 Å². The molecule has 0 unspecified atom stereocenters. The third-order valence-corrected chi connectivity index (χ3v) is 4.75. The van der Waals surface area contributed by atoms with Gasteiger partial charge in [-0.05, 0) is 42.0 Å². The van der Waals surface area contributed by atoms with Gasteiger partial charge in [0, 0.05) is 16.1 Å². The fraction of sp³-hybridized carbons (Fsp3) is 0.0417. The van der Waals surface area contributed by atoms with Crippen LogP contribution >= 0.6 is 11.6 Å². The van der Waals surface area contributed by atoms with Crippen molar-refractivity contribution in [3.63, 3.8) is 0 Å². The van der Waals surface area contributed by atoms with Gasteiger partial charge in [0.05, 0.1) is 18.3 Å². The zero-order valence-corrected chi connectivity index (χ0v) is 16.6. The van der Waals surface area contributed by atoms with Gasteiger partial charge in [-0.2, -0.15) is 0 Å². The lowest BCUT2D eigenvalue weighted by atomic mass is 10.1. The number of aromatic nitrogens is 2. The molecule has 1 N–H and O–H groups in total. The van der Waals surface area contributed by atoms with E-state index in [1.54, 1.807) is 30.5 Å². The predicted octanol–water partition coefficient (Wildman–Crippen LogP) is 5.78. The van der Waals surface area contributed by atoms with Crippen LogP contribution in [0.1, 0.15) is 5.56 Å². The molecule has 0 radical (unpaired) electrons. The van der Waals surface area contributed by atoms with Crippen molar-refractivity contribution in [1.29, 1.82) is 0 Å². The lowest BCUT2D eigenvalue weighted by Gasteiger charge is -2.12. The van der Waals surface area contributed by atoms with Gasteiger partial charge in [0.1, 0.15) is 11.5 Å². The maximum atomic E-state index is 13.3. The van der Waals surface area contributed by atoms with Crippen molar-refractivity contribution < 1.29 is 9.18 Å². The summed E-state index contributed by atoms with van der Waals surface area (Å²) in [5, 5.41) is 3.47. The van der Waals surface area contributed by atoms with Gasteiger partial charge in [-0.3, -0.25) is 4.79 Å². The fourth-order valence-corrected chi connectivity index (χ4v) is 3.13. The van der Waals surface area contributed by atoms with E-state index in [0.29, 0.717) is 22.2 Å². The normalized spacial score (nSPS) is 10.6. The monoisotopic (exact) mass is 417 g/mol. The minimum Gasteiger partial charge on any atom is -0.309 e. The van der Waals surface area contributed by atoms with Crippen LogP contribution in [0.4, 0.5) is 10.2 Å². The molecule has 4 aromatic rings. The molecule has 6 heteroatoms. The Morgan fingerprint density at radius 2 is 1.60 bits per heavy atom. The van der Waals surface area contributed by atoms with Crippen LogP contribution in [0.3, 0.4) is 0 Å². The predicted molar refractivity (Wildman–Crippen MR) is 117 cm³/mol. The maximum Gasteiger partial charge on any atom is 0.230 e. The summed E-state index contributed by atoms with van der Waals surface area (Å²) in [5.41, 5.74) is 3.52. The summed E-state index contributed by atoms with van der Waals surface area (Å²) in [4.78, 5) is 21.7. The van der Waals surface area contributed by atoms with Crippen LogP contribution in [0.2, 0.25) is 5.02 Å². The Morgan fingerprint density at radius 3 is 2.30 bits per heavy atom. The largest absolute Gasteiger partial charge is 0.309 e. The van der Waals surface area contributed by atoms with Crippen molar-refractivity contribution in [1.82, 2.24) is 9.97 Å². The number of amides is 1. The molecule has 1 heterocycles. The minimum absolute atomic E-state index is 0.187. The SMILES string of the molecule is O=C(Cc1ccc(Cl)cc1)Nc1ncc(-c2ccc(F)cc2)nc1-c1ccccc1. The van der Waals surface area contributed by atoms with Gasteiger partial charge in [-0.1, -0.05) is 54.1 Å². The highest BCUT2D eigenvalue weighted by molar-refractivity contribution is 6.30. The van der Waals surface area contributed by atoms with Gasteiger partial charge < -0.3 is 5.32 Å².